The lowest BCUT2D eigenvalue weighted by molar-refractivity contribution is 0.179. The molecular weight excluding hydrogens is 290 g/mol. The fourth-order valence-corrected chi connectivity index (χ4v) is 3.26. The van der Waals surface area contributed by atoms with Gasteiger partial charge < -0.3 is 14.7 Å². The van der Waals surface area contributed by atoms with Crippen molar-refractivity contribution in [2.45, 2.75) is 45.7 Å². The van der Waals surface area contributed by atoms with Crippen LogP contribution in [0.5, 0.6) is 0 Å². The number of nitrogens with one attached hydrogen (secondary N) is 1. The normalized spacial score (nSPS) is 18.9. The second-order valence-corrected chi connectivity index (χ2v) is 6.25. The number of benzene rings is 1. The Hall–Kier alpha value is -2.30. The van der Waals surface area contributed by atoms with Crippen LogP contribution in [-0.2, 0) is 0 Å². The fourth-order valence-electron chi connectivity index (χ4n) is 3.26. The average Bonchev–Trinajstić information content (AvgIpc) is 3.15. The Morgan fingerprint density at radius 3 is 2.87 bits per heavy atom. The molecule has 2 atom stereocenters. The van der Waals surface area contributed by atoms with E-state index in [0.717, 1.165) is 36.4 Å². The number of likely N-dealkylation sites (tertiary alicyclic amines) is 1. The predicted octanol–water partition coefficient (Wildman–Crippen LogP) is 3.90. The fraction of sp³-hybridized carbons (Fsp3) is 0.444. The summed E-state index contributed by atoms with van der Waals surface area (Å²) in [4.78, 5) is 14.5. The third-order valence-electron chi connectivity index (χ3n) is 4.48. The summed E-state index contributed by atoms with van der Waals surface area (Å²) in [5.74, 6) is 0.777. The summed E-state index contributed by atoms with van der Waals surface area (Å²) in [6.07, 6.45) is 1.90. The Bertz CT molecular complexity index is 695. The van der Waals surface area contributed by atoms with E-state index in [1.165, 1.54) is 5.56 Å². The van der Waals surface area contributed by atoms with Crippen LogP contribution in [0, 0.1) is 13.8 Å². The molecule has 1 aliphatic rings. The van der Waals surface area contributed by atoms with Crippen molar-refractivity contribution in [2.75, 3.05) is 6.54 Å². The number of carbonyl (C=O) groups excluding carboxylic acids is 1. The van der Waals surface area contributed by atoms with Gasteiger partial charge in [-0.3, -0.25) is 0 Å². The molecule has 1 saturated heterocycles. The number of aryl methyl sites for hydroxylation is 2. The van der Waals surface area contributed by atoms with Gasteiger partial charge in [0.1, 0.15) is 0 Å². The predicted molar refractivity (Wildman–Crippen MR) is 88.0 cm³/mol. The summed E-state index contributed by atoms with van der Waals surface area (Å²) in [5.41, 5.74) is 3.18. The molecule has 3 rings (SSSR count). The molecule has 0 bridgehead atoms. The van der Waals surface area contributed by atoms with E-state index in [4.69, 9.17) is 4.52 Å². The van der Waals surface area contributed by atoms with Crippen LogP contribution >= 0.6 is 0 Å². The van der Waals surface area contributed by atoms with Crippen LogP contribution in [0.1, 0.15) is 54.4 Å². The Morgan fingerprint density at radius 1 is 1.39 bits per heavy atom. The van der Waals surface area contributed by atoms with E-state index in [-0.39, 0.29) is 18.1 Å². The SMILES string of the molecule is Cc1cc([C@@H]2CCCN2C(=O)N[C@@H](C)c2ccccc2C)on1. The van der Waals surface area contributed by atoms with Crippen molar-refractivity contribution in [3.8, 4) is 0 Å². The lowest BCUT2D eigenvalue weighted by Crippen LogP contribution is -2.40. The van der Waals surface area contributed by atoms with Crippen molar-refractivity contribution in [2.24, 2.45) is 0 Å². The molecule has 5 nitrogen and oxygen atoms in total. The average molecular weight is 313 g/mol. The number of amides is 2. The van der Waals surface area contributed by atoms with E-state index in [9.17, 15) is 4.79 Å². The van der Waals surface area contributed by atoms with Gasteiger partial charge in [-0.05, 0) is 44.7 Å². The molecule has 2 amide bonds. The molecule has 1 N–H and O–H groups in total. The number of nitrogens with zero attached hydrogens (tertiary/aromatic N) is 2. The monoisotopic (exact) mass is 313 g/mol. The number of hydrogen-bond acceptors (Lipinski definition) is 3. The van der Waals surface area contributed by atoms with Gasteiger partial charge in [0.05, 0.1) is 17.8 Å². The Kier molecular flexibility index (Phi) is 4.37. The van der Waals surface area contributed by atoms with Crippen LogP contribution in [0.3, 0.4) is 0 Å². The molecule has 0 spiro atoms. The molecule has 23 heavy (non-hydrogen) atoms. The van der Waals surface area contributed by atoms with Crippen molar-refractivity contribution >= 4 is 6.03 Å². The van der Waals surface area contributed by atoms with Gasteiger partial charge in [-0.25, -0.2) is 4.79 Å². The second-order valence-electron chi connectivity index (χ2n) is 6.25. The first-order valence-corrected chi connectivity index (χ1v) is 8.12. The summed E-state index contributed by atoms with van der Waals surface area (Å²) in [5, 5.41) is 7.05. The zero-order valence-electron chi connectivity index (χ0n) is 13.9. The molecule has 2 aromatic rings. The quantitative estimate of drug-likeness (QED) is 0.935. The van der Waals surface area contributed by atoms with Crippen molar-refractivity contribution in [1.82, 2.24) is 15.4 Å². The van der Waals surface area contributed by atoms with Gasteiger partial charge in [-0.15, -0.1) is 0 Å². The molecule has 2 heterocycles. The van der Waals surface area contributed by atoms with Gasteiger partial charge >= 0.3 is 6.03 Å². The lowest BCUT2D eigenvalue weighted by atomic mass is 10.0. The third kappa shape index (κ3) is 3.23. The van der Waals surface area contributed by atoms with Crippen molar-refractivity contribution in [1.29, 1.82) is 0 Å². The molecule has 0 radical (unpaired) electrons. The first-order chi connectivity index (χ1) is 11.1. The highest BCUT2D eigenvalue weighted by Crippen LogP contribution is 2.32. The van der Waals surface area contributed by atoms with Crippen molar-refractivity contribution < 1.29 is 9.32 Å². The molecule has 0 saturated carbocycles. The molecule has 122 valence electrons. The number of carbonyl (C=O) groups is 1. The van der Waals surface area contributed by atoms with Crippen LogP contribution in [0.4, 0.5) is 4.79 Å². The van der Waals surface area contributed by atoms with E-state index in [2.05, 4.69) is 29.5 Å². The van der Waals surface area contributed by atoms with Gasteiger partial charge in [-0.1, -0.05) is 29.4 Å². The molecule has 1 aromatic heterocycles. The van der Waals surface area contributed by atoms with Gasteiger partial charge in [-0.2, -0.15) is 0 Å². The summed E-state index contributed by atoms with van der Waals surface area (Å²) < 4.78 is 5.37. The molecule has 0 unspecified atom stereocenters. The maximum atomic E-state index is 12.7. The first kappa shape index (κ1) is 15.6. The van der Waals surface area contributed by atoms with Crippen LogP contribution in [0.25, 0.3) is 0 Å². The van der Waals surface area contributed by atoms with Crippen LogP contribution in [0.15, 0.2) is 34.9 Å². The summed E-state index contributed by atoms with van der Waals surface area (Å²) >= 11 is 0. The van der Waals surface area contributed by atoms with E-state index >= 15 is 0 Å². The molecule has 1 aliphatic heterocycles. The number of hydrogen-bond donors (Lipinski definition) is 1. The number of aromatic nitrogens is 1. The highest BCUT2D eigenvalue weighted by molar-refractivity contribution is 5.75. The van der Waals surface area contributed by atoms with Crippen LogP contribution < -0.4 is 5.32 Å². The van der Waals surface area contributed by atoms with Gasteiger partial charge in [0.2, 0.25) is 0 Å². The number of rotatable bonds is 3. The largest absolute Gasteiger partial charge is 0.359 e. The van der Waals surface area contributed by atoms with Crippen molar-refractivity contribution in [3.63, 3.8) is 0 Å². The van der Waals surface area contributed by atoms with E-state index in [1.54, 1.807) is 0 Å². The summed E-state index contributed by atoms with van der Waals surface area (Å²) in [6.45, 7) is 6.72. The molecule has 1 fully saturated rings. The molecule has 0 aliphatic carbocycles. The van der Waals surface area contributed by atoms with Gasteiger partial charge in [0.15, 0.2) is 5.76 Å². The smallest absolute Gasteiger partial charge is 0.318 e. The first-order valence-electron chi connectivity index (χ1n) is 8.12. The maximum absolute atomic E-state index is 12.7. The minimum Gasteiger partial charge on any atom is -0.359 e. The van der Waals surface area contributed by atoms with Gasteiger partial charge in [0.25, 0.3) is 0 Å². The maximum Gasteiger partial charge on any atom is 0.318 e. The van der Waals surface area contributed by atoms with E-state index < -0.39 is 0 Å². The zero-order chi connectivity index (χ0) is 16.4. The van der Waals surface area contributed by atoms with E-state index in [1.807, 2.05) is 36.9 Å². The highest BCUT2D eigenvalue weighted by atomic mass is 16.5. The Balaban J connectivity index is 1.71. The summed E-state index contributed by atoms with van der Waals surface area (Å²) in [7, 11) is 0. The standard InChI is InChI=1S/C18H23N3O2/c1-12-7-4-5-8-15(12)14(3)19-18(22)21-10-6-9-16(21)17-11-13(2)20-23-17/h4-5,7-8,11,14,16H,6,9-10H2,1-3H3,(H,19,22)/t14-,16-/m0/s1. The van der Waals surface area contributed by atoms with Crippen LogP contribution in [-0.4, -0.2) is 22.6 Å². The lowest BCUT2D eigenvalue weighted by Gasteiger charge is -2.26. The molecule has 1 aromatic carbocycles. The van der Waals surface area contributed by atoms with Crippen molar-refractivity contribution in [3.05, 3.63) is 52.9 Å². The molecule has 5 heteroatoms. The Labute approximate surface area is 136 Å². The topological polar surface area (TPSA) is 58.4 Å². The van der Waals surface area contributed by atoms with Crippen LogP contribution in [0.2, 0.25) is 0 Å². The van der Waals surface area contributed by atoms with Gasteiger partial charge in [0, 0.05) is 12.6 Å². The zero-order valence-corrected chi connectivity index (χ0v) is 13.9. The summed E-state index contributed by atoms with van der Waals surface area (Å²) in [6, 6.07) is 9.96. The third-order valence-corrected chi connectivity index (χ3v) is 4.48. The highest BCUT2D eigenvalue weighted by Gasteiger charge is 2.33. The minimum atomic E-state index is -0.0442. The Morgan fingerprint density at radius 2 is 2.17 bits per heavy atom. The second kappa shape index (κ2) is 6.44. The molecular formula is C18H23N3O2. The minimum absolute atomic E-state index is 0.0136. The van der Waals surface area contributed by atoms with E-state index in [0.29, 0.717) is 0 Å². The number of urea groups is 1.